The minimum absolute atomic E-state index is 0.662. The predicted molar refractivity (Wildman–Crippen MR) is 85.7 cm³/mol. The van der Waals surface area contributed by atoms with Crippen LogP contribution in [-0.2, 0) is 6.42 Å². The fourth-order valence-electron chi connectivity index (χ4n) is 1.82. The van der Waals surface area contributed by atoms with Crippen LogP contribution in [0, 0.1) is 5.92 Å². The summed E-state index contributed by atoms with van der Waals surface area (Å²) >= 11 is 0. The highest BCUT2D eigenvalue weighted by molar-refractivity contribution is 5.41. The molecule has 0 aliphatic carbocycles. The van der Waals surface area contributed by atoms with Crippen molar-refractivity contribution in [2.45, 2.75) is 46.5 Å². The Morgan fingerprint density at radius 2 is 2.00 bits per heavy atom. The third-order valence-corrected chi connectivity index (χ3v) is 3.12. The summed E-state index contributed by atoms with van der Waals surface area (Å²) < 4.78 is 11.7. The van der Waals surface area contributed by atoms with Gasteiger partial charge in [-0.25, -0.2) is 0 Å². The number of rotatable bonds is 10. The van der Waals surface area contributed by atoms with Crippen molar-refractivity contribution in [2.75, 3.05) is 13.2 Å². The Kier molecular flexibility index (Phi) is 7.86. The van der Waals surface area contributed by atoms with Gasteiger partial charge in [0.05, 0.1) is 13.2 Å². The van der Waals surface area contributed by atoms with Gasteiger partial charge in [0, 0.05) is 6.07 Å². The highest BCUT2D eigenvalue weighted by Gasteiger charge is 2.05. The van der Waals surface area contributed by atoms with Gasteiger partial charge < -0.3 is 9.47 Å². The van der Waals surface area contributed by atoms with Gasteiger partial charge in [-0.05, 0) is 36.8 Å². The molecule has 2 nitrogen and oxygen atoms in total. The lowest BCUT2D eigenvalue weighted by molar-refractivity contribution is 0.281. The van der Waals surface area contributed by atoms with E-state index in [0.717, 1.165) is 50.4 Å². The van der Waals surface area contributed by atoms with Crippen LogP contribution in [0.15, 0.2) is 30.9 Å². The Bertz CT molecular complexity index is 396. The van der Waals surface area contributed by atoms with E-state index in [-0.39, 0.29) is 0 Å². The SMILES string of the molecule is C=CCc1ccc(OCCC(C)C)cc1OCCCC. The van der Waals surface area contributed by atoms with Crippen molar-refractivity contribution >= 4 is 0 Å². The van der Waals surface area contributed by atoms with Crippen LogP contribution >= 0.6 is 0 Å². The molecule has 0 bridgehead atoms. The molecule has 0 fully saturated rings. The van der Waals surface area contributed by atoms with Crippen LogP contribution in [0.25, 0.3) is 0 Å². The zero-order valence-corrected chi connectivity index (χ0v) is 13.2. The van der Waals surface area contributed by atoms with Crippen molar-refractivity contribution in [3.05, 3.63) is 36.4 Å². The first-order valence-electron chi connectivity index (χ1n) is 7.66. The van der Waals surface area contributed by atoms with Gasteiger partial charge in [0.2, 0.25) is 0 Å². The first-order chi connectivity index (χ1) is 9.67. The van der Waals surface area contributed by atoms with Crippen LogP contribution < -0.4 is 9.47 Å². The molecular weight excluding hydrogens is 248 g/mol. The third-order valence-electron chi connectivity index (χ3n) is 3.12. The van der Waals surface area contributed by atoms with E-state index in [0.29, 0.717) is 5.92 Å². The largest absolute Gasteiger partial charge is 0.493 e. The van der Waals surface area contributed by atoms with Crippen LogP contribution in [0.2, 0.25) is 0 Å². The molecule has 0 spiro atoms. The topological polar surface area (TPSA) is 18.5 Å². The van der Waals surface area contributed by atoms with Crippen molar-refractivity contribution in [3.63, 3.8) is 0 Å². The molecule has 0 unspecified atom stereocenters. The van der Waals surface area contributed by atoms with Crippen LogP contribution in [0.1, 0.15) is 45.6 Å². The fraction of sp³-hybridized carbons (Fsp3) is 0.556. The Labute approximate surface area is 123 Å². The average Bonchev–Trinajstić information content (AvgIpc) is 2.41. The van der Waals surface area contributed by atoms with Gasteiger partial charge in [0.1, 0.15) is 11.5 Å². The lowest BCUT2D eigenvalue weighted by Crippen LogP contribution is -2.03. The molecule has 20 heavy (non-hydrogen) atoms. The molecule has 1 aromatic carbocycles. The molecule has 0 amide bonds. The van der Waals surface area contributed by atoms with Crippen molar-refractivity contribution in [3.8, 4) is 11.5 Å². The van der Waals surface area contributed by atoms with Gasteiger partial charge in [0.25, 0.3) is 0 Å². The number of benzene rings is 1. The number of hydrogen-bond acceptors (Lipinski definition) is 2. The molecule has 0 saturated carbocycles. The molecular formula is C18H28O2. The highest BCUT2D eigenvalue weighted by atomic mass is 16.5. The van der Waals surface area contributed by atoms with E-state index >= 15 is 0 Å². The van der Waals surface area contributed by atoms with Gasteiger partial charge in [-0.3, -0.25) is 0 Å². The van der Waals surface area contributed by atoms with E-state index in [1.807, 2.05) is 18.2 Å². The first-order valence-corrected chi connectivity index (χ1v) is 7.66. The molecule has 0 radical (unpaired) electrons. The number of hydrogen-bond donors (Lipinski definition) is 0. The minimum atomic E-state index is 0.662. The second-order valence-corrected chi connectivity index (χ2v) is 5.50. The Morgan fingerprint density at radius 1 is 1.20 bits per heavy atom. The third kappa shape index (κ3) is 6.14. The summed E-state index contributed by atoms with van der Waals surface area (Å²) in [4.78, 5) is 0. The van der Waals surface area contributed by atoms with E-state index in [9.17, 15) is 0 Å². The van der Waals surface area contributed by atoms with Crippen molar-refractivity contribution < 1.29 is 9.47 Å². The molecule has 0 aliphatic rings. The highest BCUT2D eigenvalue weighted by Crippen LogP contribution is 2.26. The summed E-state index contributed by atoms with van der Waals surface area (Å²) in [5.41, 5.74) is 1.17. The Morgan fingerprint density at radius 3 is 2.65 bits per heavy atom. The smallest absolute Gasteiger partial charge is 0.126 e. The van der Waals surface area contributed by atoms with Crippen molar-refractivity contribution in [2.24, 2.45) is 5.92 Å². The van der Waals surface area contributed by atoms with Gasteiger partial charge in [-0.1, -0.05) is 39.3 Å². The summed E-state index contributed by atoms with van der Waals surface area (Å²) in [5.74, 6) is 2.49. The quantitative estimate of drug-likeness (QED) is 0.441. The predicted octanol–water partition coefficient (Wildman–Crippen LogP) is 5.02. The number of allylic oxidation sites excluding steroid dienone is 1. The zero-order chi connectivity index (χ0) is 14.8. The molecule has 0 heterocycles. The standard InChI is InChI=1S/C18H28O2/c1-5-7-12-20-18-14-17(19-13-11-15(3)4)10-9-16(18)8-6-2/h6,9-10,14-15H,2,5,7-8,11-13H2,1,3-4H3. The van der Waals surface area contributed by atoms with E-state index in [1.165, 1.54) is 5.56 Å². The van der Waals surface area contributed by atoms with E-state index in [4.69, 9.17) is 9.47 Å². The zero-order valence-electron chi connectivity index (χ0n) is 13.2. The summed E-state index contributed by atoms with van der Waals surface area (Å²) in [6.07, 6.45) is 6.02. The number of ether oxygens (including phenoxy) is 2. The molecule has 2 heteroatoms. The Hall–Kier alpha value is -1.44. The molecule has 1 aromatic rings. The summed E-state index contributed by atoms with van der Waals surface area (Å²) in [6, 6.07) is 6.11. The van der Waals surface area contributed by atoms with Crippen molar-refractivity contribution in [1.29, 1.82) is 0 Å². The number of unbranched alkanes of at least 4 members (excludes halogenated alkanes) is 1. The summed E-state index contributed by atoms with van der Waals surface area (Å²) in [5, 5.41) is 0. The maximum atomic E-state index is 5.87. The van der Waals surface area contributed by atoms with Crippen LogP contribution in [0.4, 0.5) is 0 Å². The van der Waals surface area contributed by atoms with E-state index in [2.05, 4.69) is 33.4 Å². The molecule has 0 saturated heterocycles. The van der Waals surface area contributed by atoms with Crippen LogP contribution in [0.5, 0.6) is 11.5 Å². The first kappa shape index (κ1) is 16.6. The molecule has 0 aromatic heterocycles. The van der Waals surface area contributed by atoms with Gasteiger partial charge >= 0.3 is 0 Å². The molecule has 112 valence electrons. The van der Waals surface area contributed by atoms with Gasteiger partial charge in [0.15, 0.2) is 0 Å². The normalized spacial score (nSPS) is 10.6. The second-order valence-electron chi connectivity index (χ2n) is 5.50. The van der Waals surface area contributed by atoms with E-state index in [1.54, 1.807) is 0 Å². The maximum absolute atomic E-state index is 5.87. The monoisotopic (exact) mass is 276 g/mol. The molecule has 1 rings (SSSR count). The molecule has 0 aliphatic heterocycles. The second kappa shape index (κ2) is 9.46. The van der Waals surface area contributed by atoms with Crippen LogP contribution in [0.3, 0.4) is 0 Å². The van der Waals surface area contributed by atoms with Crippen molar-refractivity contribution in [1.82, 2.24) is 0 Å². The lowest BCUT2D eigenvalue weighted by Gasteiger charge is -2.13. The maximum Gasteiger partial charge on any atom is 0.126 e. The average molecular weight is 276 g/mol. The summed E-state index contributed by atoms with van der Waals surface area (Å²) in [6.45, 7) is 11.9. The molecule has 0 N–H and O–H groups in total. The molecule has 0 atom stereocenters. The minimum Gasteiger partial charge on any atom is -0.493 e. The van der Waals surface area contributed by atoms with Gasteiger partial charge in [-0.15, -0.1) is 6.58 Å². The Balaban J connectivity index is 2.67. The van der Waals surface area contributed by atoms with Crippen LogP contribution in [-0.4, -0.2) is 13.2 Å². The van der Waals surface area contributed by atoms with E-state index < -0.39 is 0 Å². The fourth-order valence-corrected chi connectivity index (χ4v) is 1.82. The van der Waals surface area contributed by atoms with Gasteiger partial charge in [-0.2, -0.15) is 0 Å². The lowest BCUT2D eigenvalue weighted by atomic mass is 10.1. The summed E-state index contributed by atoms with van der Waals surface area (Å²) in [7, 11) is 0.